The van der Waals surface area contributed by atoms with Crippen LogP contribution in [-0.2, 0) is 0 Å². The van der Waals surface area contributed by atoms with E-state index >= 15 is 0 Å². The Kier molecular flexibility index (Phi) is 6.06. The minimum absolute atomic E-state index is 0.0927. The number of carbonyl (C=O) groups is 1. The third kappa shape index (κ3) is 4.91. The number of anilines is 2. The van der Waals surface area contributed by atoms with Crippen molar-refractivity contribution >= 4 is 17.8 Å². The van der Waals surface area contributed by atoms with Crippen molar-refractivity contribution in [1.82, 2.24) is 20.3 Å². The highest BCUT2D eigenvalue weighted by molar-refractivity contribution is 5.94. The van der Waals surface area contributed by atoms with Crippen molar-refractivity contribution in [2.75, 3.05) is 37.4 Å². The summed E-state index contributed by atoms with van der Waals surface area (Å²) < 4.78 is 0. The fraction of sp³-hybridized carbons (Fsp3) is 0.412. The predicted octanol–water partition coefficient (Wildman–Crippen LogP) is 1.90. The molecule has 0 saturated carbocycles. The largest absolute Gasteiger partial charge is 0.352 e. The summed E-state index contributed by atoms with van der Waals surface area (Å²) in [5.74, 6) is 2.00. The maximum Gasteiger partial charge on any atom is 0.251 e. The van der Waals surface area contributed by atoms with Crippen LogP contribution in [0.4, 0.5) is 11.9 Å². The third-order valence-electron chi connectivity index (χ3n) is 3.29. The van der Waals surface area contributed by atoms with Crippen molar-refractivity contribution in [3.63, 3.8) is 0 Å². The van der Waals surface area contributed by atoms with Crippen molar-refractivity contribution in [3.8, 4) is 0 Å². The SMILES string of the molecule is CC(C)c1nc(NCCNC(=O)c2ccccc2)nc(N(C)C)n1. The molecule has 2 aromatic rings. The number of hydrogen-bond donors (Lipinski definition) is 2. The second-order valence-corrected chi connectivity index (χ2v) is 5.92. The van der Waals surface area contributed by atoms with E-state index in [0.717, 1.165) is 5.82 Å². The minimum atomic E-state index is -0.0927. The zero-order valence-corrected chi connectivity index (χ0v) is 14.6. The molecule has 0 aliphatic carbocycles. The summed E-state index contributed by atoms with van der Waals surface area (Å²) in [7, 11) is 3.78. The van der Waals surface area contributed by atoms with Crippen molar-refractivity contribution in [2.45, 2.75) is 19.8 Å². The first-order valence-corrected chi connectivity index (χ1v) is 7.97. The minimum Gasteiger partial charge on any atom is -0.352 e. The van der Waals surface area contributed by atoms with E-state index in [9.17, 15) is 4.79 Å². The van der Waals surface area contributed by atoms with Crippen LogP contribution in [0.15, 0.2) is 30.3 Å². The highest BCUT2D eigenvalue weighted by Crippen LogP contribution is 2.14. The summed E-state index contributed by atoms with van der Waals surface area (Å²) in [4.78, 5) is 27.0. The lowest BCUT2D eigenvalue weighted by molar-refractivity contribution is 0.0955. The number of hydrogen-bond acceptors (Lipinski definition) is 6. The molecule has 0 fully saturated rings. The maximum atomic E-state index is 12.0. The number of benzene rings is 1. The Balaban J connectivity index is 1.91. The highest BCUT2D eigenvalue weighted by Gasteiger charge is 2.10. The molecule has 24 heavy (non-hydrogen) atoms. The van der Waals surface area contributed by atoms with Gasteiger partial charge in [-0.1, -0.05) is 32.0 Å². The molecule has 7 heteroatoms. The van der Waals surface area contributed by atoms with Crippen LogP contribution >= 0.6 is 0 Å². The standard InChI is InChI=1S/C17H24N6O/c1-12(2)14-20-16(22-17(21-14)23(3)4)19-11-10-18-15(24)13-8-6-5-7-9-13/h5-9,12H,10-11H2,1-4H3,(H,18,24)(H,19,20,21,22). The fourth-order valence-corrected chi connectivity index (χ4v) is 1.96. The van der Waals surface area contributed by atoms with Gasteiger partial charge in [0.2, 0.25) is 11.9 Å². The van der Waals surface area contributed by atoms with Crippen molar-refractivity contribution in [1.29, 1.82) is 0 Å². The molecule has 0 atom stereocenters. The summed E-state index contributed by atoms with van der Waals surface area (Å²) in [6, 6.07) is 9.14. The molecule has 1 aromatic carbocycles. The Bertz CT molecular complexity index is 646. The smallest absolute Gasteiger partial charge is 0.251 e. The number of amides is 1. The molecule has 1 amide bonds. The number of rotatable bonds is 7. The number of nitrogens with zero attached hydrogens (tertiary/aromatic N) is 4. The zero-order valence-electron chi connectivity index (χ0n) is 14.6. The van der Waals surface area contributed by atoms with Crippen LogP contribution in [0.2, 0.25) is 0 Å². The Morgan fingerprint density at radius 1 is 1.08 bits per heavy atom. The quantitative estimate of drug-likeness (QED) is 0.756. The monoisotopic (exact) mass is 328 g/mol. The molecule has 0 spiro atoms. The summed E-state index contributed by atoms with van der Waals surface area (Å²) in [5, 5.41) is 6.00. The van der Waals surface area contributed by atoms with E-state index in [1.807, 2.05) is 51.0 Å². The first-order chi connectivity index (χ1) is 11.5. The van der Waals surface area contributed by atoms with E-state index in [1.54, 1.807) is 12.1 Å². The molecular weight excluding hydrogens is 304 g/mol. The zero-order chi connectivity index (χ0) is 17.5. The summed E-state index contributed by atoms with van der Waals surface area (Å²) in [6.45, 7) is 5.10. The molecular formula is C17H24N6O. The highest BCUT2D eigenvalue weighted by atomic mass is 16.1. The van der Waals surface area contributed by atoms with Gasteiger partial charge in [-0.2, -0.15) is 15.0 Å². The van der Waals surface area contributed by atoms with E-state index in [0.29, 0.717) is 30.5 Å². The van der Waals surface area contributed by atoms with Crippen molar-refractivity contribution < 1.29 is 4.79 Å². The average molecular weight is 328 g/mol. The molecule has 128 valence electrons. The molecule has 1 aromatic heterocycles. The van der Waals surface area contributed by atoms with Crippen LogP contribution in [0.5, 0.6) is 0 Å². The van der Waals surface area contributed by atoms with Crippen LogP contribution in [0.1, 0.15) is 35.9 Å². The van der Waals surface area contributed by atoms with Crippen LogP contribution in [0.3, 0.4) is 0 Å². The molecule has 0 unspecified atom stereocenters. The molecule has 7 nitrogen and oxygen atoms in total. The maximum absolute atomic E-state index is 12.0. The Hall–Kier alpha value is -2.70. The number of carbonyl (C=O) groups excluding carboxylic acids is 1. The van der Waals surface area contributed by atoms with E-state index in [-0.39, 0.29) is 11.8 Å². The number of nitrogens with one attached hydrogen (secondary N) is 2. The normalized spacial score (nSPS) is 10.5. The van der Waals surface area contributed by atoms with Gasteiger partial charge in [-0.3, -0.25) is 4.79 Å². The van der Waals surface area contributed by atoms with Crippen LogP contribution in [-0.4, -0.2) is 48.0 Å². The topological polar surface area (TPSA) is 83.0 Å². The summed E-state index contributed by atoms with van der Waals surface area (Å²) in [6.07, 6.45) is 0. The van der Waals surface area contributed by atoms with Gasteiger partial charge in [-0.15, -0.1) is 0 Å². The summed E-state index contributed by atoms with van der Waals surface area (Å²) in [5.41, 5.74) is 0.648. The van der Waals surface area contributed by atoms with Crippen LogP contribution in [0.25, 0.3) is 0 Å². The van der Waals surface area contributed by atoms with Gasteiger partial charge in [0.05, 0.1) is 0 Å². The lowest BCUT2D eigenvalue weighted by atomic mass is 10.2. The van der Waals surface area contributed by atoms with Gasteiger partial charge in [0, 0.05) is 38.7 Å². The molecule has 1 heterocycles. The van der Waals surface area contributed by atoms with Crippen molar-refractivity contribution in [3.05, 3.63) is 41.7 Å². The fourth-order valence-electron chi connectivity index (χ4n) is 1.96. The summed E-state index contributed by atoms with van der Waals surface area (Å²) >= 11 is 0. The first kappa shape index (κ1) is 17.7. The Morgan fingerprint density at radius 2 is 1.79 bits per heavy atom. The third-order valence-corrected chi connectivity index (χ3v) is 3.29. The van der Waals surface area contributed by atoms with Crippen LogP contribution < -0.4 is 15.5 Å². The molecule has 0 saturated heterocycles. The predicted molar refractivity (Wildman–Crippen MR) is 95.5 cm³/mol. The molecule has 2 N–H and O–H groups in total. The second kappa shape index (κ2) is 8.24. The lowest BCUT2D eigenvalue weighted by Crippen LogP contribution is -2.29. The van der Waals surface area contributed by atoms with Crippen molar-refractivity contribution in [2.24, 2.45) is 0 Å². The van der Waals surface area contributed by atoms with Gasteiger partial charge >= 0.3 is 0 Å². The van der Waals surface area contributed by atoms with Gasteiger partial charge in [0.15, 0.2) is 0 Å². The van der Waals surface area contributed by atoms with Gasteiger partial charge in [0.1, 0.15) is 5.82 Å². The Labute approximate surface area is 142 Å². The molecule has 0 bridgehead atoms. The van der Waals surface area contributed by atoms with Gasteiger partial charge in [-0.05, 0) is 12.1 Å². The van der Waals surface area contributed by atoms with Gasteiger partial charge < -0.3 is 15.5 Å². The van der Waals surface area contributed by atoms with E-state index in [2.05, 4.69) is 25.6 Å². The average Bonchev–Trinajstić information content (AvgIpc) is 2.59. The number of aromatic nitrogens is 3. The second-order valence-electron chi connectivity index (χ2n) is 5.92. The van der Waals surface area contributed by atoms with E-state index < -0.39 is 0 Å². The van der Waals surface area contributed by atoms with E-state index in [1.165, 1.54) is 0 Å². The lowest BCUT2D eigenvalue weighted by Gasteiger charge is -2.14. The van der Waals surface area contributed by atoms with Crippen LogP contribution in [0, 0.1) is 0 Å². The van der Waals surface area contributed by atoms with Gasteiger partial charge in [0.25, 0.3) is 5.91 Å². The van der Waals surface area contributed by atoms with E-state index in [4.69, 9.17) is 0 Å². The molecule has 0 aliphatic rings. The molecule has 2 rings (SSSR count). The Morgan fingerprint density at radius 3 is 2.42 bits per heavy atom. The molecule has 0 radical (unpaired) electrons. The first-order valence-electron chi connectivity index (χ1n) is 7.97. The molecule has 0 aliphatic heterocycles. The van der Waals surface area contributed by atoms with Gasteiger partial charge in [-0.25, -0.2) is 0 Å².